The molecule has 5 rings (SSSR count). The number of nitrogens with zero attached hydrogens (tertiary/aromatic N) is 3. The quantitative estimate of drug-likeness (QED) is 0.161. The SMILES string of the molecule is C[C@@H](O)[C@H]1[C@@H](CO)ON(CC2CCCC(C#CC(O)C3CCC(N4CCNC4)CC3)C2)[C@H]1C(=O)NCCCN(C)C1CCCCC1. The minimum Gasteiger partial charge on any atom is -0.394 e. The van der Waals surface area contributed by atoms with Gasteiger partial charge in [0.1, 0.15) is 18.2 Å². The van der Waals surface area contributed by atoms with Crippen molar-refractivity contribution in [2.24, 2.45) is 23.7 Å². The van der Waals surface area contributed by atoms with Gasteiger partial charge in [0, 0.05) is 56.8 Å². The highest BCUT2D eigenvalue weighted by molar-refractivity contribution is 5.82. The van der Waals surface area contributed by atoms with Crippen molar-refractivity contribution in [1.29, 1.82) is 0 Å². The third kappa shape index (κ3) is 9.66. The summed E-state index contributed by atoms with van der Waals surface area (Å²) in [5.74, 6) is 6.83. The zero-order valence-corrected chi connectivity index (χ0v) is 28.6. The molecule has 5 aliphatic rings. The van der Waals surface area contributed by atoms with Gasteiger partial charge in [-0.15, -0.1) is 0 Å². The van der Waals surface area contributed by atoms with Gasteiger partial charge in [-0.25, -0.2) is 0 Å². The molecule has 2 aliphatic heterocycles. The molecule has 3 saturated carbocycles. The topological polar surface area (TPSA) is 121 Å². The molecule has 0 aromatic carbocycles. The number of carbonyl (C=O) groups excluding carboxylic acids is 1. The molecular formula is C36H63N5O5. The van der Waals surface area contributed by atoms with Crippen LogP contribution in [0.15, 0.2) is 0 Å². The number of rotatable bonds is 12. The van der Waals surface area contributed by atoms with Crippen LogP contribution in [-0.2, 0) is 9.63 Å². The molecule has 0 bridgehead atoms. The second-order valence-electron chi connectivity index (χ2n) is 15.1. The van der Waals surface area contributed by atoms with Crippen molar-refractivity contribution in [3.63, 3.8) is 0 Å². The van der Waals surface area contributed by atoms with Gasteiger partial charge in [0.05, 0.1) is 12.7 Å². The highest BCUT2D eigenvalue weighted by Crippen LogP contribution is 2.36. The summed E-state index contributed by atoms with van der Waals surface area (Å²) >= 11 is 0. The van der Waals surface area contributed by atoms with Gasteiger partial charge in [-0.05, 0) is 96.6 Å². The first kappa shape index (κ1) is 36.0. The highest BCUT2D eigenvalue weighted by atomic mass is 16.7. The molecule has 2 heterocycles. The van der Waals surface area contributed by atoms with Crippen LogP contribution in [0.1, 0.15) is 96.8 Å². The number of aliphatic hydroxyl groups is 3. The molecule has 5 fully saturated rings. The largest absolute Gasteiger partial charge is 0.394 e. The van der Waals surface area contributed by atoms with Gasteiger partial charge < -0.3 is 30.9 Å². The predicted molar refractivity (Wildman–Crippen MR) is 179 cm³/mol. The Morgan fingerprint density at radius 2 is 1.85 bits per heavy atom. The first-order chi connectivity index (χ1) is 22.3. The molecule has 10 nitrogen and oxygen atoms in total. The standard InChI is InChI=1S/C36H63N5O5/c1-26(43)34-33(24-42)46-41(35(34)36(45)38-18-7-20-39(2)30-10-4-3-5-11-30)23-28-9-6-8-27(22-28)12-17-32(44)29-13-15-31(16-14-29)40-21-19-37-25-40/h26-35,37,42-44H,3-11,13-16,18-25H2,1-2H3,(H,38,45)/t26-,27?,28?,29?,31?,32?,33-,34+,35-/m1/s1. The van der Waals surface area contributed by atoms with Gasteiger partial charge in [-0.3, -0.25) is 14.5 Å². The number of amides is 1. The van der Waals surface area contributed by atoms with Crippen molar-refractivity contribution in [3.8, 4) is 11.8 Å². The molecule has 7 atom stereocenters. The lowest BCUT2D eigenvalue weighted by Gasteiger charge is -2.35. The zero-order valence-electron chi connectivity index (χ0n) is 28.6. The Hall–Kier alpha value is -1.29. The van der Waals surface area contributed by atoms with E-state index >= 15 is 0 Å². The fourth-order valence-electron chi connectivity index (χ4n) is 9.03. The number of aliphatic hydroxyl groups excluding tert-OH is 3. The molecule has 0 aromatic heterocycles. The van der Waals surface area contributed by atoms with Crippen molar-refractivity contribution >= 4 is 5.91 Å². The molecule has 262 valence electrons. The minimum absolute atomic E-state index is 0.131. The third-order valence-electron chi connectivity index (χ3n) is 11.8. The molecule has 2 saturated heterocycles. The summed E-state index contributed by atoms with van der Waals surface area (Å²) in [6.07, 6.45) is 13.8. The molecule has 5 N–H and O–H groups in total. The Morgan fingerprint density at radius 1 is 1.07 bits per heavy atom. The van der Waals surface area contributed by atoms with Gasteiger partial charge in [-0.1, -0.05) is 37.5 Å². The smallest absolute Gasteiger partial charge is 0.240 e. The van der Waals surface area contributed by atoms with Crippen molar-refractivity contribution in [1.82, 2.24) is 25.5 Å². The molecule has 46 heavy (non-hydrogen) atoms. The Kier molecular flexibility index (Phi) is 14.0. The lowest BCUT2D eigenvalue weighted by molar-refractivity contribution is -0.183. The Morgan fingerprint density at radius 3 is 2.54 bits per heavy atom. The number of hydroxylamine groups is 2. The fourth-order valence-corrected chi connectivity index (χ4v) is 9.03. The van der Waals surface area contributed by atoms with Crippen LogP contribution in [0, 0.1) is 35.5 Å². The molecule has 1 amide bonds. The van der Waals surface area contributed by atoms with Crippen LogP contribution >= 0.6 is 0 Å². The molecule has 3 unspecified atom stereocenters. The van der Waals surface area contributed by atoms with Crippen molar-refractivity contribution in [2.45, 2.75) is 133 Å². The van der Waals surface area contributed by atoms with E-state index in [0.29, 0.717) is 31.1 Å². The molecular weight excluding hydrogens is 582 g/mol. The lowest BCUT2D eigenvalue weighted by Crippen LogP contribution is -2.50. The summed E-state index contributed by atoms with van der Waals surface area (Å²) in [6, 6.07) is 0.641. The van der Waals surface area contributed by atoms with E-state index in [1.165, 1.54) is 32.1 Å². The fraction of sp³-hybridized carbons (Fsp3) is 0.917. The van der Waals surface area contributed by atoms with Crippen LogP contribution in [0.5, 0.6) is 0 Å². The number of hydrogen-bond donors (Lipinski definition) is 5. The molecule has 0 radical (unpaired) electrons. The van der Waals surface area contributed by atoms with Crippen molar-refractivity contribution in [3.05, 3.63) is 0 Å². The average Bonchev–Trinajstić information content (AvgIpc) is 3.75. The van der Waals surface area contributed by atoms with E-state index in [2.05, 4.69) is 39.3 Å². The Labute approximate surface area is 277 Å². The molecule has 0 spiro atoms. The van der Waals surface area contributed by atoms with E-state index in [0.717, 1.165) is 84.1 Å². The second kappa shape index (κ2) is 17.9. The average molecular weight is 646 g/mol. The monoisotopic (exact) mass is 645 g/mol. The third-order valence-corrected chi connectivity index (χ3v) is 11.8. The van der Waals surface area contributed by atoms with Gasteiger partial charge in [0.25, 0.3) is 0 Å². The second-order valence-corrected chi connectivity index (χ2v) is 15.1. The van der Waals surface area contributed by atoms with Crippen LogP contribution < -0.4 is 10.6 Å². The van der Waals surface area contributed by atoms with Crippen LogP contribution in [0.25, 0.3) is 0 Å². The first-order valence-electron chi connectivity index (χ1n) is 18.7. The van der Waals surface area contributed by atoms with Crippen LogP contribution in [0.3, 0.4) is 0 Å². The van der Waals surface area contributed by atoms with Crippen LogP contribution in [0.2, 0.25) is 0 Å². The van der Waals surface area contributed by atoms with Crippen molar-refractivity contribution < 1.29 is 25.0 Å². The summed E-state index contributed by atoms with van der Waals surface area (Å²) in [4.78, 5) is 24.8. The van der Waals surface area contributed by atoms with Crippen LogP contribution in [-0.4, -0.2) is 126 Å². The van der Waals surface area contributed by atoms with Crippen molar-refractivity contribution in [2.75, 3.05) is 53.0 Å². The molecule has 3 aliphatic carbocycles. The maximum absolute atomic E-state index is 13.6. The Balaban J connectivity index is 1.11. The summed E-state index contributed by atoms with van der Waals surface area (Å²) in [7, 11) is 2.20. The van der Waals surface area contributed by atoms with E-state index < -0.39 is 30.3 Å². The van der Waals surface area contributed by atoms with Crippen LogP contribution in [0.4, 0.5) is 0 Å². The van der Waals surface area contributed by atoms with Gasteiger partial charge in [0.15, 0.2) is 0 Å². The maximum atomic E-state index is 13.6. The lowest BCUT2D eigenvalue weighted by atomic mass is 9.80. The van der Waals surface area contributed by atoms with E-state index in [9.17, 15) is 20.1 Å². The number of nitrogens with one attached hydrogen (secondary N) is 2. The van der Waals surface area contributed by atoms with Gasteiger partial charge in [0.2, 0.25) is 5.91 Å². The molecule has 10 heteroatoms. The summed E-state index contributed by atoms with van der Waals surface area (Å²) in [5, 5.41) is 40.0. The van der Waals surface area contributed by atoms with Gasteiger partial charge >= 0.3 is 0 Å². The maximum Gasteiger partial charge on any atom is 0.240 e. The summed E-state index contributed by atoms with van der Waals surface area (Å²) in [6.45, 7) is 6.75. The minimum atomic E-state index is -0.788. The van der Waals surface area contributed by atoms with E-state index in [1.807, 2.05) is 0 Å². The number of carbonyl (C=O) groups is 1. The zero-order chi connectivity index (χ0) is 32.5. The number of hydrogen-bond acceptors (Lipinski definition) is 9. The highest BCUT2D eigenvalue weighted by Gasteiger charge is 2.49. The first-order valence-corrected chi connectivity index (χ1v) is 18.7. The van der Waals surface area contributed by atoms with E-state index in [4.69, 9.17) is 4.84 Å². The summed E-state index contributed by atoms with van der Waals surface area (Å²) in [5.41, 5.74) is 0. The van der Waals surface area contributed by atoms with E-state index in [1.54, 1.807) is 12.0 Å². The Bertz CT molecular complexity index is 985. The predicted octanol–water partition coefficient (Wildman–Crippen LogP) is 2.32. The molecule has 0 aromatic rings. The van der Waals surface area contributed by atoms with Gasteiger partial charge in [-0.2, -0.15) is 5.06 Å². The normalized spacial score (nSPS) is 34.7. The summed E-state index contributed by atoms with van der Waals surface area (Å²) < 4.78 is 0. The van der Waals surface area contributed by atoms with E-state index in [-0.39, 0.29) is 24.3 Å².